The van der Waals surface area contributed by atoms with E-state index < -0.39 is 0 Å². The molecule has 1 atom stereocenters. The Hall–Kier alpha value is -1.61. The molecule has 2 aromatic rings. The molecule has 2 rings (SSSR count). The van der Waals surface area contributed by atoms with Crippen LogP contribution in [0, 0.1) is 6.92 Å². The second-order valence-electron chi connectivity index (χ2n) is 6.40. The SMILES string of the molecule is CNC(c1ccc(C(C)(C)C)cc1)c1cnn(C)c1C. The van der Waals surface area contributed by atoms with Crippen molar-refractivity contribution >= 4 is 0 Å². The highest BCUT2D eigenvalue weighted by atomic mass is 15.3. The van der Waals surface area contributed by atoms with Crippen molar-refractivity contribution in [1.82, 2.24) is 15.1 Å². The topological polar surface area (TPSA) is 29.9 Å². The molecule has 0 aliphatic carbocycles. The minimum absolute atomic E-state index is 0.192. The standard InChI is InChI=1S/C17H25N3/c1-12-15(11-19-20(12)6)16(18-5)13-7-9-14(10-8-13)17(2,3)4/h7-11,16,18H,1-6H3. The summed E-state index contributed by atoms with van der Waals surface area (Å²) in [5.74, 6) is 0. The molecule has 0 saturated carbocycles. The molecule has 0 fully saturated rings. The van der Waals surface area contributed by atoms with Gasteiger partial charge in [0.05, 0.1) is 12.2 Å². The number of hydrogen-bond acceptors (Lipinski definition) is 2. The van der Waals surface area contributed by atoms with Crippen LogP contribution < -0.4 is 5.32 Å². The van der Waals surface area contributed by atoms with Crippen molar-refractivity contribution in [2.75, 3.05) is 7.05 Å². The Kier molecular flexibility index (Phi) is 4.00. The van der Waals surface area contributed by atoms with Crippen molar-refractivity contribution in [3.63, 3.8) is 0 Å². The zero-order valence-electron chi connectivity index (χ0n) is 13.4. The molecule has 0 aliphatic heterocycles. The molecule has 0 aliphatic rings. The van der Waals surface area contributed by atoms with Crippen LogP contribution in [0.1, 0.15) is 49.2 Å². The third kappa shape index (κ3) is 2.78. The molecule has 1 aromatic heterocycles. The van der Waals surface area contributed by atoms with Crippen LogP contribution in [0.2, 0.25) is 0 Å². The molecular weight excluding hydrogens is 246 g/mol. The monoisotopic (exact) mass is 271 g/mol. The fourth-order valence-corrected chi connectivity index (χ4v) is 2.48. The third-order valence-electron chi connectivity index (χ3n) is 3.98. The van der Waals surface area contributed by atoms with Crippen LogP contribution in [0.15, 0.2) is 30.5 Å². The third-order valence-corrected chi connectivity index (χ3v) is 3.98. The maximum atomic E-state index is 4.34. The summed E-state index contributed by atoms with van der Waals surface area (Å²) in [5.41, 5.74) is 5.26. The molecule has 0 spiro atoms. The molecular formula is C17H25N3. The van der Waals surface area contributed by atoms with Gasteiger partial charge in [-0.25, -0.2) is 0 Å². The number of nitrogens with zero attached hydrogens (tertiary/aromatic N) is 2. The van der Waals surface area contributed by atoms with Crippen LogP contribution >= 0.6 is 0 Å². The number of aryl methyl sites for hydroxylation is 1. The predicted octanol–water partition coefficient (Wildman–Crippen LogP) is 3.33. The first-order chi connectivity index (χ1) is 9.34. The molecule has 1 heterocycles. The van der Waals surface area contributed by atoms with E-state index in [4.69, 9.17) is 0 Å². The van der Waals surface area contributed by atoms with E-state index in [9.17, 15) is 0 Å². The second kappa shape index (κ2) is 5.41. The van der Waals surface area contributed by atoms with Gasteiger partial charge in [-0.15, -0.1) is 0 Å². The highest BCUT2D eigenvalue weighted by molar-refractivity contribution is 5.36. The van der Waals surface area contributed by atoms with Crippen LogP contribution in [-0.4, -0.2) is 16.8 Å². The highest BCUT2D eigenvalue weighted by Gasteiger charge is 2.18. The molecule has 0 radical (unpaired) electrons. The first-order valence-corrected chi connectivity index (χ1v) is 7.11. The van der Waals surface area contributed by atoms with Gasteiger partial charge in [0.2, 0.25) is 0 Å². The summed E-state index contributed by atoms with van der Waals surface area (Å²) >= 11 is 0. The van der Waals surface area contributed by atoms with Crippen molar-refractivity contribution in [2.45, 2.75) is 39.2 Å². The van der Waals surface area contributed by atoms with Crippen molar-refractivity contribution in [1.29, 1.82) is 0 Å². The molecule has 3 nitrogen and oxygen atoms in total. The van der Waals surface area contributed by atoms with Crippen molar-refractivity contribution in [2.24, 2.45) is 7.05 Å². The first-order valence-electron chi connectivity index (χ1n) is 7.11. The zero-order chi connectivity index (χ0) is 14.9. The van der Waals surface area contributed by atoms with Gasteiger partial charge in [0.15, 0.2) is 0 Å². The number of benzene rings is 1. The van der Waals surface area contributed by atoms with E-state index in [1.807, 2.05) is 25.0 Å². The zero-order valence-corrected chi connectivity index (χ0v) is 13.4. The number of aromatic nitrogens is 2. The first kappa shape index (κ1) is 14.8. The lowest BCUT2D eigenvalue weighted by Gasteiger charge is -2.21. The lowest BCUT2D eigenvalue weighted by molar-refractivity contribution is 0.589. The summed E-state index contributed by atoms with van der Waals surface area (Å²) in [6.45, 7) is 8.82. The maximum Gasteiger partial charge on any atom is 0.0608 e. The van der Waals surface area contributed by atoms with Gasteiger partial charge in [-0.2, -0.15) is 5.10 Å². The van der Waals surface area contributed by atoms with Gasteiger partial charge in [0.25, 0.3) is 0 Å². The number of nitrogens with one attached hydrogen (secondary N) is 1. The van der Waals surface area contributed by atoms with Gasteiger partial charge < -0.3 is 5.32 Å². The van der Waals surface area contributed by atoms with Crippen molar-refractivity contribution in [3.8, 4) is 0 Å². The molecule has 0 bridgehead atoms. The fraction of sp³-hybridized carbons (Fsp3) is 0.471. The molecule has 0 amide bonds. The maximum absolute atomic E-state index is 4.34. The van der Waals surface area contributed by atoms with E-state index in [0.717, 1.165) is 0 Å². The van der Waals surface area contributed by atoms with Crippen LogP contribution in [0.3, 0.4) is 0 Å². The van der Waals surface area contributed by atoms with Crippen LogP contribution in [0.4, 0.5) is 0 Å². The average Bonchev–Trinajstić information content (AvgIpc) is 2.72. The van der Waals surface area contributed by atoms with E-state index in [1.165, 1.54) is 22.4 Å². The number of hydrogen-bond donors (Lipinski definition) is 1. The minimum atomic E-state index is 0.192. The van der Waals surface area contributed by atoms with E-state index in [1.54, 1.807) is 0 Å². The van der Waals surface area contributed by atoms with Crippen molar-refractivity contribution < 1.29 is 0 Å². The quantitative estimate of drug-likeness (QED) is 0.928. The Balaban J connectivity index is 2.36. The molecule has 1 N–H and O–H groups in total. The van der Waals surface area contributed by atoms with Crippen LogP contribution in [-0.2, 0) is 12.5 Å². The fourth-order valence-electron chi connectivity index (χ4n) is 2.48. The molecule has 20 heavy (non-hydrogen) atoms. The largest absolute Gasteiger partial charge is 0.309 e. The van der Waals surface area contributed by atoms with Gasteiger partial charge in [0.1, 0.15) is 0 Å². The summed E-state index contributed by atoms with van der Waals surface area (Å²) in [4.78, 5) is 0. The highest BCUT2D eigenvalue weighted by Crippen LogP contribution is 2.27. The van der Waals surface area contributed by atoms with Gasteiger partial charge in [-0.1, -0.05) is 45.0 Å². The Morgan fingerprint density at radius 2 is 1.75 bits per heavy atom. The molecule has 1 unspecified atom stereocenters. The Morgan fingerprint density at radius 1 is 1.15 bits per heavy atom. The smallest absolute Gasteiger partial charge is 0.0608 e. The summed E-state index contributed by atoms with van der Waals surface area (Å²) in [5, 5.41) is 7.74. The summed E-state index contributed by atoms with van der Waals surface area (Å²) in [6.07, 6.45) is 1.95. The van der Waals surface area contributed by atoms with Gasteiger partial charge in [0, 0.05) is 18.3 Å². The predicted molar refractivity (Wildman–Crippen MR) is 84.0 cm³/mol. The van der Waals surface area contributed by atoms with Crippen molar-refractivity contribution in [3.05, 3.63) is 52.8 Å². The summed E-state index contributed by atoms with van der Waals surface area (Å²) in [6, 6.07) is 9.08. The number of rotatable bonds is 3. The Morgan fingerprint density at radius 3 is 2.15 bits per heavy atom. The lowest BCUT2D eigenvalue weighted by atomic mass is 9.86. The van der Waals surface area contributed by atoms with E-state index in [0.29, 0.717) is 0 Å². The average molecular weight is 271 g/mol. The molecule has 0 saturated heterocycles. The van der Waals surface area contributed by atoms with Gasteiger partial charge in [-0.05, 0) is 30.5 Å². The van der Waals surface area contributed by atoms with Gasteiger partial charge >= 0.3 is 0 Å². The molecule has 1 aromatic carbocycles. The van der Waals surface area contributed by atoms with E-state index >= 15 is 0 Å². The van der Waals surface area contributed by atoms with E-state index in [2.05, 4.69) is 62.4 Å². The Bertz CT molecular complexity index is 573. The normalized spacial score (nSPS) is 13.5. The van der Waals surface area contributed by atoms with Crippen LogP contribution in [0.5, 0.6) is 0 Å². The molecule has 108 valence electrons. The van der Waals surface area contributed by atoms with Gasteiger partial charge in [-0.3, -0.25) is 4.68 Å². The van der Waals surface area contributed by atoms with E-state index in [-0.39, 0.29) is 11.5 Å². The minimum Gasteiger partial charge on any atom is -0.309 e. The lowest BCUT2D eigenvalue weighted by Crippen LogP contribution is -2.19. The summed E-state index contributed by atoms with van der Waals surface area (Å²) in [7, 11) is 3.98. The van der Waals surface area contributed by atoms with Crippen LogP contribution in [0.25, 0.3) is 0 Å². The second-order valence-corrected chi connectivity index (χ2v) is 6.40. The summed E-state index contributed by atoms with van der Waals surface area (Å²) < 4.78 is 1.92. The molecule has 3 heteroatoms. The Labute approximate surface area is 122 Å².